The van der Waals surface area contributed by atoms with Crippen LogP contribution >= 0.6 is 27.7 Å². The van der Waals surface area contributed by atoms with Gasteiger partial charge in [0.15, 0.2) is 0 Å². The maximum absolute atomic E-state index is 11.6. The number of nitrogens with one attached hydrogen (secondary N) is 2. The molecule has 0 radical (unpaired) electrons. The van der Waals surface area contributed by atoms with Crippen molar-refractivity contribution >= 4 is 39.3 Å². The zero-order valence-corrected chi connectivity index (χ0v) is 12.5. The third-order valence-electron chi connectivity index (χ3n) is 2.07. The number of halogens is 1. The van der Waals surface area contributed by atoms with E-state index in [9.17, 15) is 4.79 Å². The first kappa shape index (κ1) is 15.3. The highest BCUT2D eigenvalue weighted by molar-refractivity contribution is 9.10. The van der Waals surface area contributed by atoms with Crippen molar-refractivity contribution in [3.63, 3.8) is 0 Å². The second-order valence-electron chi connectivity index (χ2n) is 3.60. The summed E-state index contributed by atoms with van der Waals surface area (Å²) < 4.78 is 0.998. The number of hydrogen-bond acceptors (Lipinski definition) is 3. The van der Waals surface area contributed by atoms with Crippen molar-refractivity contribution in [2.24, 2.45) is 0 Å². The Bertz CT molecular complexity index is 381. The molecule has 5 heteroatoms. The number of rotatable bonds is 8. The molecule has 1 aromatic rings. The molecular weight excluding hydrogens is 312 g/mol. The third-order valence-corrected chi connectivity index (χ3v) is 3.57. The Labute approximate surface area is 121 Å². The largest absolute Gasteiger partial charge is 0.325 e. The first-order valence-electron chi connectivity index (χ1n) is 5.67. The second-order valence-corrected chi connectivity index (χ2v) is 5.66. The zero-order chi connectivity index (χ0) is 13.2. The number of carbonyl (C=O) groups excluding carboxylic acids is 1. The van der Waals surface area contributed by atoms with Crippen LogP contribution in [0.15, 0.2) is 41.4 Å². The quantitative estimate of drug-likeness (QED) is 0.569. The van der Waals surface area contributed by atoms with Crippen LogP contribution in [-0.2, 0) is 4.79 Å². The average molecular weight is 329 g/mol. The van der Waals surface area contributed by atoms with E-state index in [-0.39, 0.29) is 5.91 Å². The average Bonchev–Trinajstić information content (AvgIpc) is 2.36. The van der Waals surface area contributed by atoms with E-state index in [1.54, 1.807) is 11.8 Å². The van der Waals surface area contributed by atoms with Gasteiger partial charge in [-0.15, -0.1) is 6.58 Å². The summed E-state index contributed by atoms with van der Waals surface area (Å²) >= 11 is 5.14. The van der Waals surface area contributed by atoms with Crippen LogP contribution in [0.5, 0.6) is 0 Å². The molecule has 18 heavy (non-hydrogen) atoms. The third kappa shape index (κ3) is 6.83. The lowest BCUT2D eigenvalue weighted by molar-refractivity contribution is -0.115. The SMILES string of the molecule is C=CCSCCNCC(=O)Nc1ccc(Br)cc1. The van der Waals surface area contributed by atoms with Gasteiger partial charge in [0.25, 0.3) is 0 Å². The first-order chi connectivity index (χ1) is 8.72. The van der Waals surface area contributed by atoms with E-state index < -0.39 is 0 Å². The summed E-state index contributed by atoms with van der Waals surface area (Å²) in [6.07, 6.45) is 1.88. The van der Waals surface area contributed by atoms with Crippen molar-refractivity contribution in [2.45, 2.75) is 0 Å². The van der Waals surface area contributed by atoms with E-state index in [1.165, 1.54) is 0 Å². The Balaban J connectivity index is 2.14. The van der Waals surface area contributed by atoms with E-state index in [4.69, 9.17) is 0 Å². The molecule has 0 saturated heterocycles. The molecule has 0 aliphatic heterocycles. The number of anilines is 1. The van der Waals surface area contributed by atoms with Crippen LogP contribution in [0.3, 0.4) is 0 Å². The Hall–Kier alpha value is -0.780. The summed E-state index contributed by atoms with van der Waals surface area (Å²) in [6, 6.07) is 7.52. The van der Waals surface area contributed by atoms with Gasteiger partial charge in [0.1, 0.15) is 0 Å². The molecule has 1 rings (SSSR count). The maximum Gasteiger partial charge on any atom is 0.238 e. The molecule has 0 bridgehead atoms. The molecule has 2 N–H and O–H groups in total. The van der Waals surface area contributed by atoms with Gasteiger partial charge in [0.2, 0.25) is 5.91 Å². The summed E-state index contributed by atoms with van der Waals surface area (Å²) in [5.41, 5.74) is 0.811. The van der Waals surface area contributed by atoms with Crippen LogP contribution in [0.4, 0.5) is 5.69 Å². The van der Waals surface area contributed by atoms with Gasteiger partial charge in [-0.05, 0) is 24.3 Å². The number of carbonyl (C=O) groups is 1. The Kier molecular flexibility index (Phi) is 7.80. The van der Waals surface area contributed by atoms with E-state index in [0.717, 1.165) is 28.2 Å². The molecule has 0 atom stereocenters. The molecule has 0 spiro atoms. The fourth-order valence-corrected chi connectivity index (χ4v) is 2.14. The van der Waals surface area contributed by atoms with E-state index in [2.05, 4.69) is 33.1 Å². The van der Waals surface area contributed by atoms with Crippen molar-refractivity contribution in [3.8, 4) is 0 Å². The molecule has 1 amide bonds. The lowest BCUT2D eigenvalue weighted by atomic mass is 10.3. The molecule has 0 saturated carbocycles. The number of benzene rings is 1. The summed E-state index contributed by atoms with van der Waals surface area (Å²) in [5, 5.41) is 5.93. The minimum Gasteiger partial charge on any atom is -0.325 e. The number of hydrogen-bond donors (Lipinski definition) is 2. The molecular formula is C13H17BrN2OS. The van der Waals surface area contributed by atoms with Gasteiger partial charge in [-0.3, -0.25) is 4.79 Å². The molecule has 0 fully saturated rings. The van der Waals surface area contributed by atoms with Gasteiger partial charge in [-0.1, -0.05) is 22.0 Å². The van der Waals surface area contributed by atoms with Crippen molar-refractivity contribution in [3.05, 3.63) is 41.4 Å². The standard InChI is InChI=1S/C13H17BrN2OS/c1-2-8-18-9-7-15-10-13(17)16-12-5-3-11(14)4-6-12/h2-6,15H,1,7-10H2,(H,16,17). The predicted molar refractivity (Wildman–Crippen MR) is 83.2 cm³/mol. The highest BCUT2D eigenvalue weighted by Crippen LogP contribution is 2.13. The van der Waals surface area contributed by atoms with Crippen molar-refractivity contribution < 1.29 is 4.79 Å². The molecule has 3 nitrogen and oxygen atoms in total. The highest BCUT2D eigenvalue weighted by Gasteiger charge is 2.01. The van der Waals surface area contributed by atoms with Gasteiger partial charge in [0.05, 0.1) is 6.54 Å². The highest BCUT2D eigenvalue weighted by atomic mass is 79.9. The fourth-order valence-electron chi connectivity index (χ4n) is 1.25. The number of thioether (sulfide) groups is 1. The second kappa shape index (κ2) is 9.19. The minimum absolute atomic E-state index is 0.0222. The van der Waals surface area contributed by atoms with Crippen LogP contribution in [-0.4, -0.2) is 30.5 Å². The molecule has 0 heterocycles. The lowest BCUT2D eigenvalue weighted by Crippen LogP contribution is -2.29. The molecule has 0 unspecified atom stereocenters. The van der Waals surface area contributed by atoms with Crippen LogP contribution in [0.1, 0.15) is 0 Å². The summed E-state index contributed by atoms with van der Waals surface area (Å²) in [6.45, 7) is 4.81. The van der Waals surface area contributed by atoms with Gasteiger partial charge in [0, 0.05) is 28.2 Å². The minimum atomic E-state index is -0.0222. The Morgan fingerprint density at radius 3 is 2.78 bits per heavy atom. The van der Waals surface area contributed by atoms with Gasteiger partial charge < -0.3 is 10.6 Å². The Morgan fingerprint density at radius 1 is 1.39 bits per heavy atom. The van der Waals surface area contributed by atoms with Crippen molar-refractivity contribution in [2.75, 3.05) is 29.9 Å². The maximum atomic E-state index is 11.6. The van der Waals surface area contributed by atoms with Gasteiger partial charge in [-0.2, -0.15) is 11.8 Å². The van der Waals surface area contributed by atoms with Crippen LogP contribution < -0.4 is 10.6 Å². The topological polar surface area (TPSA) is 41.1 Å². The number of amides is 1. The molecule has 0 aliphatic rings. The monoisotopic (exact) mass is 328 g/mol. The van der Waals surface area contributed by atoms with E-state index >= 15 is 0 Å². The summed E-state index contributed by atoms with van der Waals surface area (Å²) in [5.74, 6) is 1.91. The molecule has 1 aromatic carbocycles. The van der Waals surface area contributed by atoms with Gasteiger partial charge in [-0.25, -0.2) is 0 Å². The molecule has 98 valence electrons. The van der Waals surface area contributed by atoms with Crippen molar-refractivity contribution in [1.29, 1.82) is 0 Å². The normalized spacial score (nSPS) is 10.1. The van der Waals surface area contributed by atoms with Crippen LogP contribution in [0.25, 0.3) is 0 Å². The Morgan fingerprint density at radius 2 is 2.11 bits per heavy atom. The fraction of sp³-hybridized carbons (Fsp3) is 0.308. The van der Waals surface area contributed by atoms with Crippen LogP contribution in [0.2, 0.25) is 0 Å². The molecule has 0 aromatic heterocycles. The van der Waals surface area contributed by atoms with Crippen molar-refractivity contribution in [1.82, 2.24) is 5.32 Å². The smallest absolute Gasteiger partial charge is 0.238 e. The van der Waals surface area contributed by atoms with E-state index in [0.29, 0.717) is 6.54 Å². The van der Waals surface area contributed by atoms with E-state index in [1.807, 2.05) is 30.3 Å². The summed E-state index contributed by atoms with van der Waals surface area (Å²) in [4.78, 5) is 11.6. The predicted octanol–water partition coefficient (Wildman–Crippen LogP) is 2.90. The summed E-state index contributed by atoms with van der Waals surface area (Å²) in [7, 11) is 0. The van der Waals surface area contributed by atoms with Gasteiger partial charge >= 0.3 is 0 Å². The van der Waals surface area contributed by atoms with Crippen LogP contribution in [0, 0.1) is 0 Å². The zero-order valence-electron chi connectivity index (χ0n) is 10.1. The lowest BCUT2D eigenvalue weighted by Gasteiger charge is -2.06. The molecule has 0 aliphatic carbocycles. The first-order valence-corrected chi connectivity index (χ1v) is 7.62.